The van der Waals surface area contributed by atoms with Crippen LogP contribution in [0.25, 0.3) is 0 Å². The van der Waals surface area contributed by atoms with Crippen LogP contribution in [0, 0.1) is 0 Å². The molecule has 1 unspecified atom stereocenters. The van der Waals surface area contributed by atoms with Crippen LogP contribution in [-0.4, -0.2) is 29.4 Å². The second-order valence-corrected chi connectivity index (χ2v) is 9.58. The standard InChI is InChI=1S/C28H29N3O2S/c1-3-5-14-29-18-22-17-23(32)13-15-30(22)31(20-29)28-24-10-6-7-12-26(24)34-19-21-9-8-11-25(27(21)28)33-16-4-2/h3-4,6-13,15,17,28H,1-2,5,14,16,18-20H2. The summed E-state index contributed by atoms with van der Waals surface area (Å²) in [6.45, 7) is 10.5. The molecule has 3 heterocycles. The molecule has 174 valence electrons. The molecular formula is C28H29N3O2S. The Hall–Kier alpha value is -3.22. The molecule has 0 aliphatic carbocycles. The van der Waals surface area contributed by atoms with Crippen molar-refractivity contribution in [2.24, 2.45) is 0 Å². The molecule has 0 spiro atoms. The number of fused-ring (bicyclic) bond motifs is 3. The molecule has 3 aromatic rings. The molecule has 0 saturated heterocycles. The van der Waals surface area contributed by atoms with Crippen molar-refractivity contribution < 1.29 is 4.74 Å². The summed E-state index contributed by atoms with van der Waals surface area (Å²) in [5.74, 6) is 1.75. The van der Waals surface area contributed by atoms with Gasteiger partial charge >= 0.3 is 0 Å². The van der Waals surface area contributed by atoms with E-state index in [1.165, 1.54) is 21.6 Å². The highest BCUT2D eigenvalue weighted by Gasteiger charge is 2.35. The number of hydrogen-bond donors (Lipinski definition) is 0. The van der Waals surface area contributed by atoms with Crippen molar-refractivity contribution in [2.75, 3.05) is 24.8 Å². The van der Waals surface area contributed by atoms with Crippen molar-refractivity contribution in [3.05, 3.63) is 119 Å². The maximum Gasteiger partial charge on any atom is 0.182 e. The van der Waals surface area contributed by atoms with Crippen molar-refractivity contribution in [3.63, 3.8) is 0 Å². The van der Waals surface area contributed by atoms with Gasteiger partial charge in [-0.05, 0) is 29.7 Å². The first-order valence-corrected chi connectivity index (χ1v) is 12.6. The highest BCUT2D eigenvalue weighted by molar-refractivity contribution is 7.98. The van der Waals surface area contributed by atoms with E-state index in [0.29, 0.717) is 6.61 Å². The molecule has 6 heteroatoms. The predicted octanol–water partition coefficient (Wildman–Crippen LogP) is 5.10. The van der Waals surface area contributed by atoms with E-state index in [9.17, 15) is 4.79 Å². The van der Waals surface area contributed by atoms with Crippen LogP contribution in [0.5, 0.6) is 5.75 Å². The Labute approximate surface area is 204 Å². The molecule has 1 atom stereocenters. The minimum Gasteiger partial charge on any atom is -0.489 e. The first-order valence-electron chi connectivity index (χ1n) is 11.6. The zero-order valence-electron chi connectivity index (χ0n) is 19.2. The summed E-state index contributed by atoms with van der Waals surface area (Å²) in [7, 11) is 0. The molecule has 0 N–H and O–H groups in total. The van der Waals surface area contributed by atoms with Gasteiger partial charge in [-0.1, -0.05) is 49.1 Å². The van der Waals surface area contributed by atoms with E-state index in [-0.39, 0.29) is 11.5 Å². The maximum atomic E-state index is 12.3. The molecule has 5 rings (SSSR count). The van der Waals surface area contributed by atoms with E-state index < -0.39 is 0 Å². The lowest BCUT2D eigenvalue weighted by Gasteiger charge is -2.45. The third-order valence-electron chi connectivity index (χ3n) is 6.32. The van der Waals surface area contributed by atoms with Crippen LogP contribution in [0.2, 0.25) is 0 Å². The fourth-order valence-electron chi connectivity index (χ4n) is 4.83. The number of ether oxygens (including phenoxy) is 1. The first-order chi connectivity index (χ1) is 16.7. The zero-order valence-corrected chi connectivity index (χ0v) is 20.0. The van der Waals surface area contributed by atoms with Crippen molar-refractivity contribution in [3.8, 4) is 5.75 Å². The number of aromatic nitrogens is 1. The largest absolute Gasteiger partial charge is 0.489 e. The molecule has 34 heavy (non-hydrogen) atoms. The highest BCUT2D eigenvalue weighted by atomic mass is 32.2. The molecule has 2 aliphatic rings. The zero-order chi connectivity index (χ0) is 23.5. The second-order valence-electron chi connectivity index (χ2n) is 8.57. The van der Waals surface area contributed by atoms with Gasteiger partial charge in [0.25, 0.3) is 0 Å². The average Bonchev–Trinajstić information content (AvgIpc) is 3.03. The molecule has 0 saturated carbocycles. The number of nitrogens with zero attached hydrogens (tertiary/aromatic N) is 3. The number of hydrogen-bond acceptors (Lipinski definition) is 5. The van der Waals surface area contributed by atoms with E-state index >= 15 is 0 Å². The van der Waals surface area contributed by atoms with Crippen LogP contribution >= 0.6 is 11.8 Å². The molecule has 0 bridgehead atoms. The summed E-state index contributed by atoms with van der Waals surface area (Å²) >= 11 is 1.86. The minimum atomic E-state index is -0.0741. The molecule has 0 amide bonds. The van der Waals surface area contributed by atoms with Gasteiger partial charge in [-0.2, -0.15) is 0 Å². The third-order valence-corrected chi connectivity index (χ3v) is 7.46. The maximum absolute atomic E-state index is 12.3. The molecule has 5 nitrogen and oxygen atoms in total. The molecule has 0 radical (unpaired) electrons. The highest BCUT2D eigenvalue weighted by Crippen LogP contribution is 2.45. The van der Waals surface area contributed by atoms with Crippen LogP contribution < -0.4 is 15.2 Å². The number of benzene rings is 2. The topological polar surface area (TPSA) is 37.7 Å². The number of thioether (sulfide) groups is 1. The average molecular weight is 472 g/mol. The van der Waals surface area contributed by atoms with E-state index in [2.05, 4.69) is 70.2 Å². The Balaban J connectivity index is 1.71. The van der Waals surface area contributed by atoms with Crippen LogP contribution in [0.3, 0.4) is 0 Å². The van der Waals surface area contributed by atoms with Gasteiger partial charge < -0.3 is 4.74 Å². The number of pyridine rings is 1. The van der Waals surface area contributed by atoms with Gasteiger partial charge in [0.05, 0.1) is 12.4 Å². The SMILES string of the molecule is C=CCCN1Cc2cc(=O)ccn2N(C2c3ccccc3SCc3cccc(OCC=C)c32)C1. The summed E-state index contributed by atoms with van der Waals surface area (Å²) in [5.41, 5.74) is 4.71. The smallest absolute Gasteiger partial charge is 0.182 e. The van der Waals surface area contributed by atoms with Crippen molar-refractivity contribution in [2.45, 2.75) is 29.7 Å². The lowest BCUT2D eigenvalue weighted by Crippen LogP contribution is -2.52. The fourth-order valence-corrected chi connectivity index (χ4v) is 5.91. The predicted molar refractivity (Wildman–Crippen MR) is 139 cm³/mol. The molecular weight excluding hydrogens is 442 g/mol. The van der Waals surface area contributed by atoms with Crippen LogP contribution in [0.15, 0.2) is 95.8 Å². The summed E-state index contributed by atoms with van der Waals surface area (Å²) in [6, 6.07) is 18.3. The summed E-state index contributed by atoms with van der Waals surface area (Å²) in [5, 5.41) is 2.37. The van der Waals surface area contributed by atoms with Gasteiger partial charge in [-0.25, -0.2) is 0 Å². The fraction of sp³-hybridized carbons (Fsp3) is 0.250. The van der Waals surface area contributed by atoms with Crippen LogP contribution in [-0.2, 0) is 12.3 Å². The Bertz CT molecular complexity index is 1270. The van der Waals surface area contributed by atoms with E-state index in [4.69, 9.17) is 4.74 Å². The molecule has 2 aromatic carbocycles. The van der Waals surface area contributed by atoms with Gasteiger partial charge in [0, 0.05) is 47.6 Å². The minimum absolute atomic E-state index is 0.0315. The van der Waals surface area contributed by atoms with Gasteiger partial charge in [-0.15, -0.1) is 18.3 Å². The van der Waals surface area contributed by atoms with Gasteiger partial charge in [0.2, 0.25) is 0 Å². The summed E-state index contributed by atoms with van der Waals surface area (Å²) < 4.78 is 8.37. The first kappa shape index (κ1) is 22.6. The molecule has 0 fully saturated rings. The van der Waals surface area contributed by atoms with E-state index in [1.54, 1.807) is 18.2 Å². The third kappa shape index (κ3) is 4.31. The Morgan fingerprint density at radius 1 is 1.09 bits per heavy atom. The Kier molecular flexibility index (Phi) is 6.61. The summed E-state index contributed by atoms with van der Waals surface area (Å²) in [6.07, 6.45) is 6.54. The lowest BCUT2D eigenvalue weighted by atomic mass is 9.93. The summed E-state index contributed by atoms with van der Waals surface area (Å²) in [4.78, 5) is 15.9. The molecule has 2 aliphatic heterocycles. The van der Waals surface area contributed by atoms with E-state index in [1.807, 2.05) is 24.0 Å². The number of rotatable bonds is 7. The molecule has 1 aromatic heterocycles. The van der Waals surface area contributed by atoms with Crippen LogP contribution in [0.1, 0.15) is 34.8 Å². The lowest BCUT2D eigenvalue weighted by molar-refractivity contribution is 0.200. The van der Waals surface area contributed by atoms with Gasteiger partial charge in [0.1, 0.15) is 18.4 Å². The monoisotopic (exact) mass is 471 g/mol. The van der Waals surface area contributed by atoms with Crippen LogP contribution in [0.4, 0.5) is 0 Å². The van der Waals surface area contributed by atoms with Crippen molar-refractivity contribution in [1.82, 2.24) is 9.58 Å². The quantitative estimate of drug-likeness (QED) is 0.449. The van der Waals surface area contributed by atoms with Crippen molar-refractivity contribution in [1.29, 1.82) is 0 Å². The normalized spacial score (nSPS) is 17.2. The second kappa shape index (κ2) is 9.95. The Morgan fingerprint density at radius 3 is 2.82 bits per heavy atom. The van der Waals surface area contributed by atoms with Gasteiger partial charge in [0.15, 0.2) is 5.43 Å². The van der Waals surface area contributed by atoms with Crippen molar-refractivity contribution >= 4 is 11.8 Å². The van der Waals surface area contributed by atoms with E-state index in [0.717, 1.165) is 43.4 Å². The Morgan fingerprint density at radius 2 is 1.97 bits per heavy atom. The van der Waals surface area contributed by atoms with Gasteiger partial charge in [-0.3, -0.25) is 19.4 Å².